The summed E-state index contributed by atoms with van der Waals surface area (Å²) in [6, 6.07) is -0.877. The van der Waals surface area contributed by atoms with Crippen LogP contribution in [0.5, 0.6) is 0 Å². The number of aliphatic hydroxyl groups is 1. The minimum atomic E-state index is -4.56. The fourth-order valence-electron chi connectivity index (χ4n) is 8.58. The Morgan fingerprint density at radius 1 is 0.531 bits per heavy atom. The maximum atomic E-state index is 12.7. The Kier molecular flexibility index (Phi) is 46.8. The van der Waals surface area contributed by atoms with Gasteiger partial charge in [0.15, 0.2) is 0 Å². The molecule has 0 radical (unpaired) electrons. The number of phosphoric acid groups is 1. The van der Waals surface area contributed by atoms with E-state index in [9.17, 15) is 19.4 Å². The van der Waals surface area contributed by atoms with Crippen LogP contribution in [0.1, 0.15) is 284 Å². The molecule has 0 aromatic rings. The van der Waals surface area contributed by atoms with Gasteiger partial charge in [0.1, 0.15) is 13.2 Å². The molecule has 0 fully saturated rings. The highest BCUT2D eigenvalue weighted by Crippen LogP contribution is 2.38. The van der Waals surface area contributed by atoms with Crippen molar-refractivity contribution in [3.05, 3.63) is 12.2 Å². The third kappa shape index (κ3) is 49.2. The number of rotatable bonds is 52. The second-order valence-electron chi connectivity index (χ2n) is 20.7. The molecule has 0 aromatic heterocycles. The van der Waals surface area contributed by atoms with Gasteiger partial charge in [0, 0.05) is 6.42 Å². The number of nitrogens with zero attached hydrogens (tertiary/aromatic N) is 1. The first-order valence-corrected chi connectivity index (χ1v) is 29.5. The van der Waals surface area contributed by atoms with Crippen molar-refractivity contribution in [2.24, 2.45) is 0 Å². The number of carbonyl (C=O) groups is 1. The minimum absolute atomic E-state index is 0.0000496. The smallest absolute Gasteiger partial charge is 0.268 e. The Balaban J connectivity index is 3.55. The van der Waals surface area contributed by atoms with E-state index in [1.807, 2.05) is 34.1 Å². The van der Waals surface area contributed by atoms with Gasteiger partial charge in [0.05, 0.1) is 39.9 Å². The quantitative estimate of drug-likeness (QED) is 0.0272. The summed E-state index contributed by atoms with van der Waals surface area (Å²) in [6.45, 7) is 4.45. The predicted octanol–water partition coefficient (Wildman–Crippen LogP) is 16.0. The van der Waals surface area contributed by atoms with Crippen molar-refractivity contribution >= 4 is 13.7 Å². The zero-order valence-corrected chi connectivity index (χ0v) is 44.4. The molecule has 0 bridgehead atoms. The molecule has 1 amide bonds. The molecule has 0 aliphatic rings. The molecule has 0 rings (SSSR count). The van der Waals surface area contributed by atoms with Crippen LogP contribution in [0.15, 0.2) is 12.2 Å². The van der Waals surface area contributed by atoms with Crippen LogP contribution in [0.4, 0.5) is 0 Å². The molecule has 0 saturated heterocycles. The number of aliphatic hydroxyl groups excluding tert-OH is 1. The van der Waals surface area contributed by atoms with Crippen LogP contribution in [0.25, 0.3) is 0 Å². The molecule has 9 heteroatoms. The van der Waals surface area contributed by atoms with Crippen LogP contribution in [-0.4, -0.2) is 68.5 Å². The first kappa shape index (κ1) is 63.2. The Labute approximate surface area is 399 Å². The van der Waals surface area contributed by atoms with Gasteiger partial charge in [-0.15, -0.1) is 0 Å². The summed E-state index contributed by atoms with van der Waals surface area (Å²) >= 11 is 0. The number of amides is 1. The number of unbranched alkanes of at least 4 members (excludes halogenated alkanes) is 39. The number of allylic oxidation sites excluding steroid dienone is 1. The van der Waals surface area contributed by atoms with Crippen molar-refractivity contribution in [1.29, 1.82) is 0 Å². The number of hydrogen-bond acceptors (Lipinski definition) is 6. The largest absolute Gasteiger partial charge is 0.756 e. The highest BCUT2D eigenvalue weighted by Gasteiger charge is 2.23. The molecular formula is C55H111N2O6P. The summed E-state index contributed by atoms with van der Waals surface area (Å²) in [5.41, 5.74) is 0. The Bertz CT molecular complexity index is 1050. The molecule has 0 heterocycles. The lowest BCUT2D eigenvalue weighted by Crippen LogP contribution is -2.45. The average Bonchev–Trinajstić information content (AvgIpc) is 3.25. The van der Waals surface area contributed by atoms with Gasteiger partial charge in [-0.3, -0.25) is 9.36 Å². The molecule has 8 nitrogen and oxygen atoms in total. The normalized spacial score (nSPS) is 14.0. The Morgan fingerprint density at radius 3 is 1.14 bits per heavy atom. The lowest BCUT2D eigenvalue weighted by molar-refractivity contribution is -0.870. The third-order valence-corrected chi connectivity index (χ3v) is 13.9. The maximum absolute atomic E-state index is 12.7. The predicted molar refractivity (Wildman–Crippen MR) is 275 cm³/mol. The second kappa shape index (κ2) is 47.3. The molecule has 0 spiro atoms. The van der Waals surface area contributed by atoms with E-state index >= 15 is 0 Å². The minimum Gasteiger partial charge on any atom is -0.756 e. The van der Waals surface area contributed by atoms with Gasteiger partial charge in [-0.05, 0) is 12.8 Å². The summed E-state index contributed by atoms with van der Waals surface area (Å²) in [6.07, 6.45) is 58.6. The number of likely N-dealkylation sites (N-methyl/N-ethyl adjacent to an activating group) is 1. The van der Waals surface area contributed by atoms with E-state index in [1.165, 1.54) is 231 Å². The first-order valence-electron chi connectivity index (χ1n) is 28.1. The Hall–Kier alpha value is -0.760. The zero-order chi connectivity index (χ0) is 47.1. The summed E-state index contributed by atoms with van der Waals surface area (Å²) in [5.74, 6) is -0.204. The van der Waals surface area contributed by atoms with Crippen molar-refractivity contribution in [1.82, 2.24) is 5.32 Å². The topological polar surface area (TPSA) is 108 Å². The monoisotopic (exact) mass is 927 g/mol. The van der Waals surface area contributed by atoms with E-state index in [1.54, 1.807) is 6.08 Å². The van der Waals surface area contributed by atoms with Crippen LogP contribution in [-0.2, 0) is 18.4 Å². The van der Waals surface area contributed by atoms with Crippen LogP contribution in [0, 0.1) is 0 Å². The van der Waals surface area contributed by atoms with E-state index in [-0.39, 0.29) is 19.1 Å². The van der Waals surface area contributed by atoms with Crippen molar-refractivity contribution < 1.29 is 32.9 Å². The van der Waals surface area contributed by atoms with Crippen molar-refractivity contribution in [3.63, 3.8) is 0 Å². The fourth-order valence-corrected chi connectivity index (χ4v) is 9.30. The third-order valence-electron chi connectivity index (χ3n) is 13.0. The number of nitrogens with one attached hydrogen (secondary N) is 1. The number of carbonyl (C=O) groups excluding carboxylic acids is 1. The van der Waals surface area contributed by atoms with Gasteiger partial charge in [-0.25, -0.2) is 0 Å². The lowest BCUT2D eigenvalue weighted by atomic mass is 10.0. The van der Waals surface area contributed by atoms with Crippen molar-refractivity contribution in [2.75, 3.05) is 40.9 Å². The van der Waals surface area contributed by atoms with Gasteiger partial charge >= 0.3 is 0 Å². The van der Waals surface area contributed by atoms with Gasteiger partial charge in [0.2, 0.25) is 5.91 Å². The zero-order valence-electron chi connectivity index (χ0n) is 43.5. The van der Waals surface area contributed by atoms with Crippen molar-refractivity contribution in [2.45, 2.75) is 296 Å². The molecule has 0 aliphatic carbocycles. The van der Waals surface area contributed by atoms with Gasteiger partial charge in [-0.1, -0.05) is 276 Å². The molecule has 382 valence electrons. The molecule has 0 aliphatic heterocycles. The first-order chi connectivity index (χ1) is 31.0. The standard InChI is InChI=1S/C55H111N2O6P/c1-6-8-10-11-12-13-14-15-16-17-18-19-20-21-22-23-24-25-26-27-28-29-30-31-32-33-34-35-36-37-38-39-40-41-42-43-44-45-47-49-55(59)56-53(54(58)48-46-9-7-2)52-63-64(60,61)62-51-50-57(3,4)5/h46,48,53-54,58H,6-45,47,49-52H2,1-5H3,(H-,56,59,60,61)/b48-46+. The fraction of sp³-hybridized carbons (Fsp3) is 0.945. The van der Waals surface area contributed by atoms with Crippen molar-refractivity contribution in [3.8, 4) is 0 Å². The highest BCUT2D eigenvalue weighted by molar-refractivity contribution is 7.45. The number of phosphoric ester groups is 1. The van der Waals surface area contributed by atoms with E-state index in [0.717, 1.165) is 32.1 Å². The van der Waals surface area contributed by atoms with Crippen LogP contribution in [0.3, 0.4) is 0 Å². The van der Waals surface area contributed by atoms with Crippen LogP contribution in [0.2, 0.25) is 0 Å². The maximum Gasteiger partial charge on any atom is 0.268 e. The molecular weight excluding hydrogens is 816 g/mol. The molecule has 64 heavy (non-hydrogen) atoms. The molecule has 0 aromatic carbocycles. The summed E-state index contributed by atoms with van der Waals surface area (Å²) in [5, 5.41) is 13.4. The van der Waals surface area contributed by atoms with E-state index in [0.29, 0.717) is 17.4 Å². The average molecular weight is 927 g/mol. The van der Waals surface area contributed by atoms with Crippen LogP contribution >= 0.6 is 7.82 Å². The molecule has 2 N–H and O–H groups in total. The van der Waals surface area contributed by atoms with E-state index in [2.05, 4.69) is 12.2 Å². The van der Waals surface area contributed by atoms with Gasteiger partial charge in [-0.2, -0.15) is 0 Å². The van der Waals surface area contributed by atoms with E-state index < -0.39 is 20.0 Å². The van der Waals surface area contributed by atoms with Gasteiger partial charge < -0.3 is 28.8 Å². The second-order valence-corrected chi connectivity index (χ2v) is 22.1. The van der Waals surface area contributed by atoms with Gasteiger partial charge in [0.25, 0.3) is 7.82 Å². The summed E-state index contributed by atoms with van der Waals surface area (Å²) < 4.78 is 22.9. The summed E-state index contributed by atoms with van der Waals surface area (Å²) in [4.78, 5) is 25.0. The van der Waals surface area contributed by atoms with E-state index in [4.69, 9.17) is 9.05 Å². The highest BCUT2D eigenvalue weighted by atomic mass is 31.2. The molecule has 3 unspecified atom stereocenters. The Morgan fingerprint density at radius 2 is 0.844 bits per heavy atom. The summed E-state index contributed by atoms with van der Waals surface area (Å²) in [7, 11) is 1.27. The molecule has 0 saturated carbocycles. The number of hydrogen-bond donors (Lipinski definition) is 2. The van der Waals surface area contributed by atoms with Crippen LogP contribution < -0.4 is 10.2 Å². The number of quaternary nitrogens is 1. The molecule has 3 atom stereocenters. The SMILES string of the molecule is CCC/C=C/C(O)C(COP(=O)([O-])OCC[N+](C)(C)C)NC(=O)CCCCCCCCCCCCCCCCCCCCCCCCCCCCCCCCCCCCCCCCC. The lowest BCUT2D eigenvalue weighted by Gasteiger charge is -2.29.